The Hall–Kier alpha value is -2.37. The van der Waals surface area contributed by atoms with Crippen molar-refractivity contribution in [2.24, 2.45) is 0 Å². The second-order valence-corrected chi connectivity index (χ2v) is 6.39. The molecule has 0 unspecified atom stereocenters. The van der Waals surface area contributed by atoms with E-state index in [-0.39, 0.29) is 17.7 Å². The molecule has 25 heavy (non-hydrogen) atoms. The first-order valence-corrected chi connectivity index (χ1v) is 8.11. The maximum Gasteiger partial charge on any atom is 0.254 e. The van der Waals surface area contributed by atoms with Crippen LogP contribution >= 0.6 is 0 Å². The number of rotatable bonds is 4. The van der Waals surface area contributed by atoms with Crippen molar-refractivity contribution in [2.75, 3.05) is 6.54 Å². The first-order valence-electron chi connectivity index (χ1n) is 8.11. The Balaban J connectivity index is 1.85. The van der Waals surface area contributed by atoms with Gasteiger partial charge in [-0.05, 0) is 37.1 Å². The summed E-state index contributed by atoms with van der Waals surface area (Å²) >= 11 is 0. The van der Waals surface area contributed by atoms with Crippen molar-refractivity contribution in [3.8, 4) is 0 Å². The fourth-order valence-electron chi connectivity index (χ4n) is 3.59. The zero-order chi connectivity index (χ0) is 18.0. The van der Waals surface area contributed by atoms with Crippen LogP contribution in [0.1, 0.15) is 41.6 Å². The molecular weight excluding hydrogens is 334 g/mol. The Kier molecular flexibility index (Phi) is 4.79. The van der Waals surface area contributed by atoms with E-state index in [0.29, 0.717) is 18.9 Å². The van der Waals surface area contributed by atoms with E-state index in [1.54, 1.807) is 0 Å². The van der Waals surface area contributed by atoms with Crippen LogP contribution in [0.3, 0.4) is 0 Å². The van der Waals surface area contributed by atoms with E-state index >= 15 is 0 Å². The zero-order valence-electron chi connectivity index (χ0n) is 13.4. The van der Waals surface area contributed by atoms with Crippen molar-refractivity contribution >= 4 is 5.91 Å². The van der Waals surface area contributed by atoms with Crippen molar-refractivity contribution in [1.82, 2.24) is 5.32 Å². The van der Waals surface area contributed by atoms with Crippen LogP contribution in [0, 0.1) is 23.3 Å². The van der Waals surface area contributed by atoms with Crippen LogP contribution < -0.4 is 5.32 Å². The molecule has 1 aliphatic carbocycles. The first kappa shape index (κ1) is 17.5. The van der Waals surface area contributed by atoms with Crippen LogP contribution in [0.15, 0.2) is 36.4 Å². The molecule has 3 rings (SSSR count). The van der Waals surface area contributed by atoms with Crippen LogP contribution in [0.25, 0.3) is 0 Å². The van der Waals surface area contributed by atoms with Gasteiger partial charge in [0.1, 0.15) is 23.3 Å². The highest BCUT2D eigenvalue weighted by molar-refractivity contribution is 5.94. The lowest BCUT2D eigenvalue weighted by Gasteiger charge is -2.30. The largest absolute Gasteiger partial charge is 0.351 e. The predicted octanol–water partition coefficient (Wildman–Crippen LogP) is 4.48. The Labute approximate surface area is 142 Å². The fourth-order valence-corrected chi connectivity index (χ4v) is 3.59. The van der Waals surface area contributed by atoms with Gasteiger partial charge >= 0.3 is 0 Å². The monoisotopic (exact) mass is 351 g/mol. The highest BCUT2D eigenvalue weighted by atomic mass is 19.1. The van der Waals surface area contributed by atoms with E-state index in [1.807, 2.05) is 0 Å². The maximum atomic E-state index is 14.2. The summed E-state index contributed by atoms with van der Waals surface area (Å²) in [7, 11) is 0. The molecule has 1 N–H and O–H groups in total. The number of benzene rings is 2. The highest BCUT2D eigenvalue weighted by Crippen LogP contribution is 2.42. The van der Waals surface area contributed by atoms with Crippen molar-refractivity contribution in [2.45, 2.75) is 31.1 Å². The maximum absolute atomic E-state index is 14.2. The molecule has 0 saturated heterocycles. The average Bonchev–Trinajstić information content (AvgIpc) is 3.02. The van der Waals surface area contributed by atoms with Gasteiger partial charge in [0.15, 0.2) is 0 Å². The van der Waals surface area contributed by atoms with E-state index in [2.05, 4.69) is 5.32 Å². The Bertz CT molecular complexity index is 780. The Morgan fingerprint density at radius 1 is 0.960 bits per heavy atom. The van der Waals surface area contributed by atoms with Gasteiger partial charge in [0.05, 0.1) is 5.56 Å². The van der Waals surface area contributed by atoms with Gasteiger partial charge in [0.25, 0.3) is 5.91 Å². The third-order valence-corrected chi connectivity index (χ3v) is 4.82. The number of amides is 1. The van der Waals surface area contributed by atoms with Crippen LogP contribution in [0.4, 0.5) is 17.6 Å². The van der Waals surface area contributed by atoms with Gasteiger partial charge in [-0.2, -0.15) is 0 Å². The van der Waals surface area contributed by atoms with Crippen LogP contribution in [-0.2, 0) is 5.41 Å². The minimum absolute atomic E-state index is 0.0134. The summed E-state index contributed by atoms with van der Waals surface area (Å²) in [5, 5.41) is 2.56. The summed E-state index contributed by atoms with van der Waals surface area (Å²) in [5.74, 6) is -3.79. The lowest BCUT2D eigenvalue weighted by molar-refractivity contribution is 0.0938. The summed E-state index contributed by atoms with van der Waals surface area (Å²) < 4.78 is 55.2. The molecule has 2 aromatic rings. The summed E-state index contributed by atoms with van der Waals surface area (Å²) in [6.45, 7) is -0.0134. The predicted molar refractivity (Wildman–Crippen MR) is 85.2 cm³/mol. The van der Waals surface area contributed by atoms with E-state index in [9.17, 15) is 22.4 Å². The first-order chi connectivity index (χ1) is 11.9. The van der Waals surface area contributed by atoms with Crippen molar-refractivity contribution < 1.29 is 22.4 Å². The minimum atomic E-state index is -0.977. The van der Waals surface area contributed by atoms with Gasteiger partial charge in [-0.1, -0.05) is 18.9 Å². The van der Waals surface area contributed by atoms with Crippen molar-refractivity contribution in [3.63, 3.8) is 0 Å². The Morgan fingerprint density at radius 3 is 2.20 bits per heavy atom. The second-order valence-electron chi connectivity index (χ2n) is 6.39. The number of hydrogen-bond donors (Lipinski definition) is 1. The molecule has 132 valence electrons. The standard InChI is InChI=1S/C19H17F4NO/c20-12-6-7-13(16(23)10-12)18(25)24-11-19(8-1-2-9-19)17-14(21)4-3-5-15(17)22/h3-7,10H,1-2,8-9,11H2,(H,24,25). The average molecular weight is 351 g/mol. The molecule has 0 atom stereocenters. The number of carbonyl (C=O) groups excluding carboxylic acids is 1. The SMILES string of the molecule is O=C(NCC1(c2c(F)cccc2F)CCCC1)c1ccc(F)cc1F. The Morgan fingerprint density at radius 2 is 1.60 bits per heavy atom. The summed E-state index contributed by atoms with van der Waals surface area (Å²) in [5.41, 5.74) is -1.20. The molecule has 0 bridgehead atoms. The van der Waals surface area contributed by atoms with E-state index < -0.39 is 34.6 Å². The van der Waals surface area contributed by atoms with E-state index in [0.717, 1.165) is 25.0 Å². The van der Waals surface area contributed by atoms with Crippen molar-refractivity contribution in [1.29, 1.82) is 0 Å². The molecule has 1 amide bonds. The van der Waals surface area contributed by atoms with E-state index in [1.165, 1.54) is 18.2 Å². The molecule has 2 aromatic carbocycles. The molecule has 0 heterocycles. The number of halogens is 4. The molecule has 6 heteroatoms. The van der Waals surface area contributed by atoms with Gasteiger partial charge in [0.2, 0.25) is 0 Å². The van der Waals surface area contributed by atoms with Crippen molar-refractivity contribution in [3.05, 3.63) is 70.8 Å². The summed E-state index contributed by atoms with van der Waals surface area (Å²) in [4.78, 5) is 12.2. The van der Waals surface area contributed by atoms with Crippen LogP contribution in [0.5, 0.6) is 0 Å². The number of nitrogens with one attached hydrogen (secondary N) is 1. The number of hydrogen-bond acceptors (Lipinski definition) is 1. The zero-order valence-corrected chi connectivity index (χ0v) is 13.4. The topological polar surface area (TPSA) is 29.1 Å². The molecule has 0 radical (unpaired) electrons. The third kappa shape index (κ3) is 3.38. The van der Waals surface area contributed by atoms with Gasteiger partial charge in [-0.15, -0.1) is 0 Å². The van der Waals surface area contributed by atoms with E-state index in [4.69, 9.17) is 0 Å². The lowest BCUT2D eigenvalue weighted by Crippen LogP contribution is -2.40. The second kappa shape index (κ2) is 6.86. The molecule has 1 saturated carbocycles. The van der Waals surface area contributed by atoms with Crippen LogP contribution in [-0.4, -0.2) is 12.5 Å². The smallest absolute Gasteiger partial charge is 0.254 e. The quantitative estimate of drug-likeness (QED) is 0.809. The number of carbonyl (C=O) groups is 1. The molecule has 2 nitrogen and oxygen atoms in total. The van der Waals surface area contributed by atoms with Gasteiger partial charge in [-0.3, -0.25) is 4.79 Å². The highest BCUT2D eigenvalue weighted by Gasteiger charge is 2.40. The lowest BCUT2D eigenvalue weighted by atomic mass is 9.78. The fraction of sp³-hybridized carbons (Fsp3) is 0.316. The molecule has 1 fully saturated rings. The summed E-state index contributed by atoms with van der Waals surface area (Å²) in [6.07, 6.45) is 2.62. The molecule has 0 aromatic heterocycles. The van der Waals surface area contributed by atoms with Gasteiger partial charge in [-0.25, -0.2) is 17.6 Å². The molecule has 1 aliphatic rings. The third-order valence-electron chi connectivity index (χ3n) is 4.82. The van der Waals surface area contributed by atoms with Gasteiger partial charge in [0, 0.05) is 23.6 Å². The normalized spacial score (nSPS) is 16.0. The molecule has 0 aliphatic heterocycles. The molecular formula is C19H17F4NO. The molecule has 0 spiro atoms. The minimum Gasteiger partial charge on any atom is -0.351 e. The summed E-state index contributed by atoms with van der Waals surface area (Å²) in [6, 6.07) is 6.34. The van der Waals surface area contributed by atoms with Gasteiger partial charge < -0.3 is 5.32 Å². The van der Waals surface area contributed by atoms with Crippen LogP contribution in [0.2, 0.25) is 0 Å².